The maximum Gasteiger partial charge on any atom is 0.271 e. The zero-order chi connectivity index (χ0) is 25.0. The maximum absolute atomic E-state index is 13.6. The summed E-state index contributed by atoms with van der Waals surface area (Å²) in [5, 5.41) is 13.7. The zero-order valence-corrected chi connectivity index (χ0v) is 21.0. The number of benzene rings is 3. The lowest BCUT2D eigenvalue weighted by Crippen LogP contribution is -2.38. The van der Waals surface area contributed by atoms with Crippen molar-refractivity contribution in [3.8, 4) is 5.75 Å². The van der Waals surface area contributed by atoms with Crippen LogP contribution in [0, 0.1) is 24.0 Å². The van der Waals surface area contributed by atoms with Gasteiger partial charge >= 0.3 is 0 Å². The Kier molecular flexibility index (Phi) is 7.57. The SMILES string of the molecule is COc1ccc(S(=O)(=O)N(CC(=O)Nc2cc([N+](=O)[O-])ccc2C)c2ccc(C)cc2)cc1Br. The fourth-order valence-corrected chi connectivity index (χ4v) is 5.28. The van der Waals surface area contributed by atoms with E-state index in [2.05, 4.69) is 21.2 Å². The first kappa shape index (κ1) is 25.2. The van der Waals surface area contributed by atoms with Crippen LogP contribution in [0.5, 0.6) is 5.75 Å². The second kappa shape index (κ2) is 10.2. The number of methoxy groups -OCH3 is 1. The number of aryl methyl sites for hydroxylation is 2. The molecule has 9 nitrogen and oxygen atoms in total. The van der Waals surface area contributed by atoms with E-state index in [1.807, 2.05) is 6.92 Å². The van der Waals surface area contributed by atoms with Gasteiger partial charge in [-0.05, 0) is 65.7 Å². The van der Waals surface area contributed by atoms with E-state index in [1.54, 1.807) is 31.2 Å². The van der Waals surface area contributed by atoms with Crippen LogP contribution in [0.1, 0.15) is 11.1 Å². The van der Waals surface area contributed by atoms with E-state index in [0.29, 0.717) is 21.5 Å². The Bertz CT molecular complexity index is 1340. The lowest BCUT2D eigenvalue weighted by Gasteiger charge is -2.24. The molecule has 0 aliphatic carbocycles. The monoisotopic (exact) mass is 547 g/mol. The topological polar surface area (TPSA) is 119 Å². The second-order valence-corrected chi connectivity index (χ2v) is 10.2. The van der Waals surface area contributed by atoms with E-state index >= 15 is 0 Å². The molecule has 0 saturated carbocycles. The van der Waals surface area contributed by atoms with Crippen LogP contribution in [0.4, 0.5) is 17.1 Å². The summed E-state index contributed by atoms with van der Waals surface area (Å²) in [6.45, 7) is 3.00. The highest BCUT2D eigenvalue weighted by Gasteiger charge is 2.28. The van der Waals surface area contributed by atoms with Gasteiger partial charge in [-0.1, -0.05) is 23.8 Å². The third-order valence-electron chi connectivity index (χ3n) is 5.03. The van der Waals surface area contributed by atoms with Gasteiger partial charge in [-0.2, -0.15) is 0 Å². The van der Waals surface area contributed by atoms with Crippen LogP contribution in [0.15, 0.2) is 70.0 Å². The van der Waals surface area contributed by atoms with Gasteiger partial charge in [-0.15, -0.1) is 0 Å². The molecule has 0 atom stereocenters. The van der Waals surface area contributed by atoms with Gasteiger partial charge in [0.2, 0.25) is 5.91 Å². The Balaban J connectivity index is 1.98. The number of amides is 1. The van der Waals surface area contributed by atoms with Gasteiger partial charge in [0.15, 0.2) is 0 Å². The molecule has 1 amide bonds. The fraction of sp³-hybridized carbons (Fsp3) is 0.174. The Labute approximate surface area is 205 Å². The number of nitro groups is 1. The van der Waals surface area contributed by atoms with Crippen LogP contribution in [0.25, 0.3) is 0 Å². The minimum atomic E-state index is -4.15. The van der Waals surface area contributed by atoms with E-state index in [4.69, 9.17) is 4.74 Å². The molecule has 0 aliphatic rings. The summed E-state index contributed by atoms with van der Waals surface area (Å²) in [6, 6.07) is 15.1. The Morgan fingerprint density at radius 3 is 2.35 bits per heavy atom. The van der Waals surface area contributed by atoms with Crippen molar-refractivity contribution in [2.24, 2.45) is 0 Å². The Hall–Kier alpha value is -3.44. The molecular formula is C23H22BrN3O6S. The van der Waals surface area contributed by atoms with Crippen LogP contribution >= 0.6 is 15.9 Å². The van der Waals surface area contributed by atoms with Gasteiger partial charge in [0.1, 0.15) is 12.3 Å². The summed E-state index contributed by atoms with van der Waals surface area (Å²) in [6.07, 6.45) is 0. The van der Waals surface area contributed by atoms with Gasteiger partial charge in [-0.3, -0.25) is 19.2 Å². The van der Waals surface area contributed by atoms with E-state index in [9.17, 15) is 23.3 Å². The molecule has 3 rings (SSSR count). The smallest absolute Gasteiger partial charge is 0.271 e. The number of carbonyl (C=O) groups excluding carboxylic acids is 1. The molecule has 0 aromatic heterocycles. The van der Waals surface area contributed by atoms with E-state index < -0.39 is 27.4 Å². The quantitative estimate of drug-likeness (QED) is 0.319. The van der Waals surface area contributed by atoms with Crippen molar-refractivity contribution in [3.63, 3.8) is 0 Å². The molecule has 178 valence electrons. The minimum Gasteiger partial charge on any atom is -0.496 e. The molecule has 11 heteroatoms. The molecule has 1 N–H and O–H groups in total. The number of hydrogen-bond acceptors (Lipinski definition) is 6. The van der Waals surface area contributed by atoms with Gasteiger partial charge in [0.05, 0.1) is 32.8 Å². The largest absolute Gasteiger partial charge is 0.496 e. The van der Waals surface area contributed by atoms with Crippen molar-refractivity contribution in [2.75, 3.05) is 23.3 Å². The molecule has 0 spiro atoms. The van der Waals surface area contributed by atoms with Crippen LogP contribution in [0.2, 0.25) is 0 Å². The molecule has 3 aromatic rings. The van der Waals surface area contributed by atoms with Crippen LogP contribution in [-0.2, 0) is 14.8 Å². The Morgan fingerprint density at radius 1 is 1.09 bits per heavy atom. The van der Waals surface area contributed by atoms with Crippen LogP contribution in [-0.4, -0.2) is 32.9 Å². The minimum absolute atomic E-state index is 0.0416. The van der Waals surface area contributed by atoms with Gasteiger partial charge < -0.3 is 10.1 Å². The number of nitrogens with one attached hydrogen (secondary N) is 1. The average molecular weight is 548 g/mol. The Morgan fingerprint density at radius 2 is 1.76 bits per heavy atom. The highest BCUT2D eigenvalue weighted by Crippen LogP contribution is 2.31. The number of ether oxygens (including phenoxy) is 1. The first-order valence-corrected chi connectivity index (χ1v) is 12.2. The molecule has 3 aromatic carbocycles. The lowest BCUT2D eigenvalue weighted by molar-refractivity contribution is -0.384. The number of halogens is 1. The fourth-order valence-electron chi connectivity index (χ4n) is 3.14. The molecule has 0 fully saturated rings. The summed E-state index contributed by atoms with van der Waals surface area (Å²) in [7, 11) is -2.69. The highest BCUT2D eigenvalue weighted by molar-refractivity contribution is 9.10. The zero-order valence-electron chi connectivity index (χ0n) is 18.6. The van der Waals surface area contributed by atoms with Crippen molar-refractivity contribution in [1.82, 2.24) is 0 Å². The summed E-state index contributed by atoms with van der Waals surface area (Å²) in [5.41, 5.74) is 1.86. The van der Waals surface area contributed by atoms with Crippen molar-refractivity contribution >= 4 is 48.9 Å². The first-order chi connectivity index (χ1) is 16.0. The molecule has 34 heavy (non-hydrogen) atoms. The summed E-state index contributed by atoms with van der Waals surface area (Å²) in [5.74, 6) is -0.194. The molecule has 0 saturated heterocycles. The predicted molar refractivity (Wildman–Crippen MR) is 133 cm³/mol. The van der Waals surface area contributed by atoms with E-state index in [0.717, 1.165) is 9.87 Å². The third kappa shape index (κ3) is 5.54. The van der Waals surface area contributed by atoms with Crippen LogP contribution in [0.3, 0.4) is 0 Å². The predicted octanol–water partition coefficient (Wildman–Crippen LogP) is 4.82. The normalized spacial score (nSPS) is 11.1. The number of nitro benzene ring substituents is 1. The number of non-ortho nitro benzene ring substituents is 1. The molecule has 0 aliphatic heterocycles. The number of rotatable bonds is 8. The average Bonchev–Trinajstić information content (AvgIpc) is 2.79. The van der Waals surface area contributed by atoms with Crippen molar-refractivity contribution < 1.29 is 22.9 Å². The molecular weight excluding hydrogens is 526 g/mol. The number of sulfonamides is 1. The number of hydrogen-bond donors (Lipinski definition) is 1. The van der Waals surface area contributed by atoms with Gasteiger partial charge in [-0.25, -0.2) is 8.42 Å². The number of carbonyl (C=O) groups is 1. The lowest BCUT2D eigenvalue weighted by atomic mass is 10.2. The van der Waals surface area contributed by atoms with Crippen molar-refractivity contribution in [2.45, 2.75) is 18.7 Å². The molecule has 0 bridgehead atoms. The summed E-state index contributed by atoms with van der Waals surface area (Å²) >= 11 is 3.29. The van der Waals surface area contributed by atoms with Gasteiger partial charge in [0.25, 0.3) is 15.7 Å². The highest BCUT2D eigenvalue weighted by atomic mass is 79.9. The molecule has 0 unspecified atom stereocenters. The van der Waals surface area contributed by atoms with Crippen LogP contribution < -0.4 is 14.4 Å². The third-order valence-corrected chi connectivity index (χ3v) is 7.42. The van der Waals surface area contributed by atoms with E-state index in [-0.39, 0.29) is 16.3 Å². The summed E-state index contributed by atoms with van der Waals surface area (Å²) < 4.78 is 33.7. The maximum atomic E-state index is 13.6. The van der Waals surface area contributed by atoms with E-state index in [1.165, 1.54) is 43.5 Å². The summed E-state index contributed by atoms with van der Waals surface area (Å²) in [4.78, 5) is 23.4. The number of nitrogens with zero attached hydrogens (tertiary/aromatic N) is 2. The van der Waals surface area contributed by atoms with Crippen molar-refractivity contribution in [1.29, 1.82) is 0 Å². The van der Waals surface area contributed by atoms with Gasteiger partial charge in [0, 0.05) is 12.1 Å². The first-order valence-electron chi connectivity index (χ1n) is 10.0. The molecule has 0 radical (unpaired) electrons. The number of anilines is 2. The van der Waals surface area contributed by atoms with Crippen molar-refractivity contribution in [3.05, 3.63) is 86.4 Å². The molecule has 0 heterocycles. The second-order valence-electron chi connectivity index (χ2n) is 7.45. The standard InChI is InChI=1S/C23H22BrN3O6S/c1-15-4-7-17(8-5-15)26(34(31,32)19-10-11-22(33-3)20(24)13-19)14-23(28)25-21-12-18(27(29)30)9-6-16(21)2/h4-13H,14H2,1-3H3,(H,25,28).